The molecule has 4 rings (SSSR count). The standard InChI is InChI=1S/C30H22F4O/c1-2-3-4-5-21-6-8-22(9-7-21)10-11-23-12-18-28-25(20-23)15-19-27(29(28)31)24-13-16-26(17-14-24)35-30(32,33)34/h2-3,6-9,12-20H,4-5H2,1H3/b3-2+. The molecule has 0 heterocycles. The van der Waals surface area contributed by atoms with E-state index in [1.807, 2.05) is 31.2 Å². The number of hydrogen-bond acceptors (Lipinski definition) is 1. The molecule has 0 unspecified atom stereocenters. The zero-order valence-electron chi connectivity index (χ0n) is 19.0. The molecule has 4 aromatic rings. The molecule has 0 saturated heterocycles. The van der Waals surface area contributed by atoms with Crippen LogP contribution in [0, 0.1) is 17.7 Å². The highest BCUT2D eigenvalue weighted by molar-refractivity contribution is 5.89. The highest BCUT2D eigenvalue weighted by Gasteiger charge is 2.31. The lowest BCUT2D eigenvalue weighted by Gasteiger charge is -2.10. The van der Waals surface area contributed by atoms with E-state index >= 15 is 4.39 Å². The van der Waals surface area contributed by atoms with Gasteiger partial charge in [-0.2, -0.15) is 0 Å². The van der Waals surface area contributed by atoms with Gasteiger partial charge in [0.15, 0.2) is 0 Å². The van der Waals surface area contributed by atoms with Crippen LogP contribution in [0.4, 0.5) is 17.6 Å². The van der Waals surface area contributed by atoms with Crippen molar-refractivity contribution in [3.8, 4) is 28.7 Å². The predicted octanol–water partition coefficient (Wildman–Crippen LogP) is 8.45. The molecule has 0 aliphatic rings. The van der Waals surface area contributed by atoms with Crippen LogP contribution >= 0.6 is 0 Å². The van der Waals surface area contributed by atoms with Crippen LogP contribution in [-0.4, -0.2) is 6.36 Å². The average Bonchev–Trinajstić information content (AvgIpc) is 2.84. The molecule has 0 fully saturated rings. The number of rotatable bonds is 5. The third kappa shape index (κ3) is 6.30. The summed E-state index contributed by atoms with van der Waals surface area (Å²) in [6.07, 6.45) is 1.41. The Labute approximate surface area is 201 Å². The number of hydrogen-bond donors (Lipinski definition) is 0. The Kier molecular flexibility index (Phi) is 7.22. The number of ether oxygens (including phenoxy) is 1. The maximum atomic E-state index is 15.2. The van der Waals surface area contributed by atoms with Gasteiger partial charge < -0.3 is 4.74 Å². The quantitative estimate of drug-likeness (QED) is 0.160. The SMILES string of the molecule is C/C=C/CCc1ccc(C#Cc2ccc3c(F)c(-c4ccc(OC(F)(F)F)cc4)ccc3c2)cc1. The van der Waals surface area contributed by atoms with Gasteiger partial charge in [-0.1, -0.05) is 66.5 Å². The number of allylic oxidation sites excluding steroid dienone is 2. The van der Waals surface area contributed by atoms with E-state index in [1.165, 1.54) is 29.8 Å². The molecule has 35 heavy (non-hydrogen) atoms. The molecule has 0 bridgehead atoms. The summed E-state index contributed by atoms with van der Waals surface area (Å²) in [5.74, 6) is 5.47. The van der Waals surface area contributed by atoms with Gasteiger partial charge in [0.25, 0.3) is 0 Å². The molecule has 0 atom stereocenters. The molecular formula is C30H22F4O. The van der Waals surface area contributed by atoms with Crippen LogP contribution in [0.1, 0.15) is 30.0 Å². The minimum atomic E-state index is -4.77. The molecule has 5 heteroatoms. The molecule has 0 saturated carbocycles. The van der Waals surface area contributed by atoms with Gasteiger partial charge in [-0.25, -0.2) is 4.39 Å². The van der Waals surface area contributed by atoms with E-state index in [2.05, 4.69) is 34.8 Å². The molecule has 0 N–H and O–H groups in total. The molecule has 0 aliphatic heterocycles. The van der Waals surface area contributed by atoms with Crippen molar-refractivity contribution in [2.24, 2.45) is 0 Å². The van der Waals surface area contributed by atoms with Crippen molar-refractivity contribution in [1.29, 1.82) is 0 Å². The fourth-order valence-electron chi connectivity index (χ4n) is 3.74. The molecule has 0 spiro atoms. The van der Waals surface area contributed by atoms with Crippen molar-refractivity contribution in [3.05, 3.63) is 114 Å². The summed E-state index contributed by atoms with van der Waals surface area (Å²) in [6.45, 7) is 2.01. The first-order chi connectivity index (χ1) is 16.8. The number of fused-ring (bicyclic) bond motifs is 1. The van der Waals surface area contributed by atoms with Crippen molar-refractivity contribution in [2.75, 3.05) is 0 Å². The Morgan fingerprint density at radius 1 is 0.829 bits per heavy atom. The lowest BCUT2D eigenvalue weighted by molar-refractivity contribution is -0.274. The minimum absolute atomic E-state index is 0.296. The van der Waals surface area contributed by atoms with Gasteiger partial charge in [0.05, 0.1) is 0 Å². The zero-order chi connectivity index (χ0) is 24.8. The lowest BCUT2D eigenvalue weighted by Crippen LogP contribution is -2.16. The Morgan fingerprint density at radius 2 is 1.51 bits per heavy atom. The second-order valence-corrected chi connectivity index (χ2v) is 7.99. The molecule has 0 amide bonds. The monoisotopic (exact) mass is 474 g/mol. The smallest absolute Gasteiger partial charge is 0.406 e. The first-order valence-corrected chi connectivity index (χ1v) is 11.1. The van der Waals surface area contributed by atoms with Gasteiger partial charge in [-0.05, 0) is 72.7 Å². The van der Waals surface area contributed by atoms with Gasteiger partial charge in [-0.15, -0.1) is 13.2 Å². The van der Waals surface area contributed by atoms with Gasteiger partial charge >= 0.3 is 6.36 Å². The van der Waals surface area contributed by atoms with Crippen molar-refractivity contribution < 1.29 is 22.3 Å². The van der Waals surface area contributed by atoms with Crippen LogP contribution in [0.2, 0.25) is 0 Å². The summed E-state index contributed by atoms with van der Waals surface area (Å²) in [5.41, 5.74) is 3.67. The number of alkyl halides is 3. The van der Waals surface area contributed by atoms with Crippen LogP contribution in [0.3, 0.4) is 0 Å². The van der Waals surface area contributed by atoms with Gasteiger partial charge in [0.2, 0.25) is 0 Å². The molecule has 4 aromatic carbocycles. The van der Waals surface area contributed by atoms with Crippen molar-refractivity contribution in [3.63, 3.8) is 0 Å². The normalized spacial score (nSPS) is 11.5. The Morgan fingerprint density at radius 3 is 2.20 bits per heavy atom. The molecule has 176 valence electrons. The van der Waals surface area contributed by atoms with Crippen molar-refractivity contribution in [1.82, 2.24) is 0 Å². The molecule has 0 aliphatic carbocycles. The van der Waals surface area contributed by atoms with Gasteiger partial charge in [-0.3, -0.25) is 0 Å². The van der Waals surface area contributed by atoms with E-state index < -0.39 is 12.2 Å². The molecule has 1 nitrogen and oxygen atoms in total. The van der Waals surface area contributed by atoms with Gasteiger partial charge in [0.1, 0.15) is 11.6 Å². The van der Waals surface area contributed by atoms with E-state index in [4.69, 9.17) is 0 Å². The topological polar surface area (TPSA) is 9.23 Å². The highest BCUT2D eigenvalue weighted by Crippen LogP contribution is 2.31. The summed E-state index contributed by atoms with van der Waals surface area (Å²) in [4.78, 5) is 0. The highest BCUT2D eigenvalue weighted by atomic mass is 19.4. The fourth-order valence-corrected chi connectivity index (χ4v) is 3.74. The lowest BCUT2D eigenvalue weighted by atomic mass is 9.99. The summed E-state index contributed by atoms with van der Waals surface area (Å²) in [6, 6.07) is 21.9. The summed E-state index contributed by atoms with van der Waals surface area (Å²) in [5, 5.41) is 1.10. The summed E-state index contributed by atoms with van der Waals surface area (Å²) in [7, 11) is 0. The molecule has 0 radical (unpaired) electrons. The molecule has 0 aromatic heterocycles. The largest absolute Gasteiger partial charge is 0.573 e. The first kappa shape index (κ1) is 24.1. The van der Waals surface area contributed by atoms with E-state index in [0.717, 1.165) is 24.0 Å². The van der Waals surface area contributed by atoms with Crippen LogP contribution in [0.25, 0.3) is 21.9 Å². The first-order valence-electron chi connectivity index (χ1n) is 11.1. The number of halogens is 4. The minimum Gasteiger partial charge on any atom is -0.406 e. The summed E-state index contributed by atoms with van der Waals surface area (Å²) < 4.78 is 56.2. The van der Waals surface area contributed by atoms with E-state index in [9.17, 15) is 13.2 Å². The van der Waals surface area contributed by atoms with Crippen LogP contribution in [-0.2, 0) is 6.42 Å². The van der Waals surface area contributed by atoms with Gasteiger partial charge in [0, 0.05) is 22.1 Å². The number of benzene rings is 4. The number of aryl methyl sites for hydroxylation is 1. The Bertz CT molecular complexity index is 1400. The second-order valence-electron chi connectivity index (χ2n) is 7.99. The van der Waals surface area contributed by atoms with Crippen molar-refractivity contribution >= 4 is 10.8 Å². The van der Waals surface area contributed by atoms with Crippen LogP contribution < -0.4 is 4.74 Å². The third-order valence-corrected chi connectivity index (χ3v) is 5.49. The average molecular weight is 474 g/mol. The zero-order valence-corrected chi connectivity index (χ0v) is 19.0. The predicted molar refractivity (Wildman–Crippen MR) is 132 cm³/mol. The van der Waals surface area contributed by atoms with E-state index in [-0.39, 0.29) is 5.75 Å². The Balaban J connectivity index is 1.53. The third-order valence-electron chi connectivity index (χ3n) is 5.49. The molecular weight excluding hydrogens is 452 g/mol. The van der Waals surface area contributed by atoms with E-state index in [0.29, 0.717) is 21.9 Å². The summed E-state index contributed by atoms with van der Waals surface area (Å²) >= 11 is 0. The maximum Gasteiger partial charge on any atom is 0.573 e. The Hall–Kier alpha value is -4.04. The van der Waals surface area contributed by atoms with Crippen LogP contribution in [0.15, 0.2) is 91.0 Å². The van der Waals surface area contributed by atoms with Crippen LogP contribution in [0.5, 0.6) is 5.75 Å². The fraction of sp³-hybridized carbons (Fsp3) is 0.133. The van der Waals surface area contributed by atoms with Crippen molar-refractivity contribution in [2.45, 2.75) is 26.1 Å². The van der Waals surface area contributed by atoms with E-state index in [1.54, 1.807) is 24.3 Å². The maximum absolute atomic E-state index is 15.2. The second kappa shape index (κ2) is 10.5.